The van der Waals surface area contributed by atoms with E-state index in [4.69, 9.17) is 9.47 Å². The van der Waals surface area contributed by atoms with E-state index >= 15 is 0 Å². The molecule has 2 heterocycles. The number of aromatic nitrogens is 1. The summed E-state index contributed by atoms with van der Waals surface area (Å²) in [5, 5.41) is 2.65. The molecule has 1 saturated heterocycles. The second-order valence-electron chi connectivity index (χ2n) is 5.94. The van der Waals surface area contributed by atoms with Gasteiger partial charge in [-0.1, -0.05) is 0 Å². The SMILES string of the molecule is COc1cc(OC)cc(C(=O)N2CCN(C(=O)c3csc(C)n3)CC2)c1. The third-order valence-corrected chi connectivity index (χ3v) is 5.06. The van der Waals surface area contributed by atoms with Gasteiger partial charge < -0.3 is 19.3 Å². The molecule has 8 heteroatoms. The van der Waals surface area contributed by atoms with Gasteiger partial charge in [0.2, 0.25) is 0 Å². The molecular weight excluding hydrogens is 354 g/mol. The molecule has 0 radical (unpaired) electrons. The Labute approximate surface area is 156 Å². The van der Waals surface area contributed by atoms with Crippen molar-refractivity contribution < 1.29 is 19.1 Å². The average molecular weight is 375 g/mol. The zero-order valence-corrected chi connectivity index (χ0v) is 15.8. The van der Waals surface area contributed by atoms with Crippen LogP contribution < -0.4 is 9.47 Å². The van der Waals surface area contributed by atoms with Gasteiger partial charge in [0.1, 0.15) is 17.2 Å². The van der Waals surface area contributed by atoms with Crippen LogP contribution in [0.4, 0.5) is 0 Å². The molecule has 1 aromatic carbocycles. The molecular formula is C18H21N3O4S. The van der Waals surface area contributed by atoms with Gasteiger partial charge in [-0.3, -0.25) is 9.59 Å². The summed E-state index contributed by atoms with van der Waals surface area (Å²) in [6.07, 6.45) is 0. The van der Waals surface area contributed by atoms with Crippen molar-refractivity contribution in [2.24, 2.45) is 0 Å². The maximum absolute atomic E-state index is 12.8. The fourth-order valence-corrected chi connectivity index (χ4v) is 3.44. The van der Waals surface area contributed by atoms with Crippen molar-refractivity contribution >= 4 is 23.2 Å². The van der Waals surface area contributed by atoms with Crippen molar-refractivity contribution in [2.45, 2.75) is 6.92 Å². The predicted molar refractivity (Wildman–Crippen MR) is 98.2 cm³/mol. The van der Waals surface area contributed by atoms with Gasteiger partial charge in [0, 0.05) is 43.2 Å². The van der Waals surface area contributed by atoms with Crippen LogP contribution >= 0.6 is 11.3 Å². The summed E-state index contributed by atoms with van der Waals surface area (Å²) in [5.74, 6) is 0.962. The van der Waals surface area contributed by atoms with E-state index in [1.54, 1.807) is 47.6 Å². The zero-order valence-electron chi connectivity index (χ0n) is 15.0. The minimum atomic E-state index is -0.0983. The molecule has 1 aromatic heterocycles. The van der Waals surface area contributed by atoms with Gasteiger partial charge in [-0.05, 0) is 19.1 Å². The highest BCUT2D eigenvalue weighted by Gasteiger charge is 2.27. The summed E-state index contributed by atoms with van der Waals surface area (Å²) in [5.41, 5.74) is 0.987. The average Bonchev–Trinajstić information content (AvgIpc) is 3.12. The number of hydrogen-bond acceptors (Lipinski definition) is 6. The van der Waals surface area contributed by atoms with Crippen LogP contribution in [0.2, 0.25) is 0 Å². The monoisotopic (exact) mass is 375 g/mol. The molecule has 1 aliphatic rings. The molecule has 1 aliphatic heterocycles. The Morgan fingerprint density at radius 1 is 0.962 bits per heavy atom. The molecule has 0 unspecified atom stereocenters. The number of nitrogens with zero attached hydrogens (tertiary/aromatic N) is 3. The van der Waals surface area contributed by atoms with E-state index < -0.39 is 0 Å². The Morgan fingerprint density at radius 3 is 1.96 bits per heavy atom. The molecule has 0 bridgehead atoms. The van der Waals surface area contributed by atoms with Gasteiger partial charge in [0.25, 0.3) is 11.8 Å². The summed E-state index contributed by atoms with van der Waals surface area (Å²) < 4.78 is 10.4. The first-order valence-electron chi connectivity index (χ1n) is 8.25. The first kappa shape index (κ1) is 18.2. The first-order chi connectivity index (χ1) is 12.5. The Kier molecular flexibility index (Phi) is 5.41. The summed E-state index contributed by atoms with van der Waals surface area (Å²) in [4.78, 5) is 33.0. The number of methoxy groups -OCH3 is 2. The van der Waals surface area contributed by atoms with Crippen molar-refractivity contribution in [1.82, 2.24) is 14.8 Å². The number of carbonyl (C=O) groups excluding carboxylic acids is 2. The number of carbonyl (C=O) groups is 2. The summed E-state index contributed by atoms with van der Waals surface area (Å²) in [6, 6.07) is 5.12. The van der Waals surface area contributed by atoms with Crippen LogP contribution in [0.15, 0.2) is 23.6 Å². The lowest BCUT2D eigenvalue weighted by atomic mass is 10.1. The third-order valence-electron chi connectivity index (χ3n) is 4.29. The lowest BCUT2D eigenvalue weighted by Crippen LogP contribution is -2.50. The van der Waals surface area contributed by atoms with Gasteiger partial charge in [-0.25, -0.2) is 4.98 Å². The number of piperazine rings is 1. The van der Waals surface area contributed by atoms with Gasteiger partial charge in [-0.2, -0.15) is 0 Å². The number of amides is 2. The summed E-state index contributed by atoms with van der Waals surface area (Å²) in [7, 11) is 3.10. The second-order valence-corrected chi connectivity index (χ2v) is 7.00. The normalized spacial score (nSPS) is 14.3. The van der Waals surface area contributed by atoms with Crippen molar-refractivity contribution in [3.63, 3.8) is 0 Å². The molecule has 2 aromatic rings. The Morgan fingerprint density at radius 2 is 1.50 bits per heavy atom. The molecule has 7 nitrogen and oxygen atoms in total. The number of rotatable bonds is 4. The molecule has 0 N–H and O–H groups in total. The Bertz CT molecular complexity index is 790. The fraction of sp³-hybridized carbons (Fsp3) is 0.389. The topological polar surface area (TPSA) is 72.0 Å². The van der Waals surface area contributed by atoms with E-state index in [0.29, 0.717) is 48.9 Å². The van der Waals surface area contributed by atoms with E-state index in [-0.39, 0.29) is 11.8 Å². The largest absolute Gasteiger partial charge is 0.497 e. The second kappa shape index (κ2) is 7.74. The highest BCUT2D eigenvalue weighted by Crippen LogP contribution is 2.24. The minimum absolute atomic E-state index is 0.0792. The van der Waals surface area contributed by atoms with E-state index in [0.717, 1.165) is 5.01 Å². The number of ether oxygens (including phenoxy) is 2. The third kappa shape index (κ3) is 3.80. The van der Waals surface area contributed by atoms with Crippen molar-refractivity contribution in [3.8, 4) is 11.5 Å². The van der Waals surface area contributed by atoms with Gasteiger partial charge in [0.15, 0.2) is 0 Å². The molecule has 138 valence electrons. The van der Waals surface area contributed by atoms with Gasteiger partial charge >= 0.3 is 0 Å². The van der Waals surface area contributed by atoms with Crippen molar-refractivity contribution in [3.05, 3.63) is 39.8 Å². The lowest BCUT2D eigenvalue weighted by molar-refractivity contribution is 0.0532. The van der Waals surface area contributed by atoms with E-state index in [1.807, 2.05) is 6.92 Å². The first-order valence-corrected chi connectivity index (χ1v) is 9.13. The summed E-state index contributed by atoms with van der Waals surface area (Å²) in [6.45, 7) is 3.81. The number of benzene rings is 1. The van der Waals surface area contributed by atoms with Gasteiger partial charge in [0.05, 0.1) is 19.2 Å². The smallest absolute Gasteiger partial charge is 0.273 e. The molecule has 26 heavy (non-hydrogen) atoms. The van der Waals surface area contributed by atoms with Crippen LogP contribution in [-0.4, -0.2) is 67.0 Å². The van der Waals surface area contributed by atoms with E-state index in [2.05, 4.69) is 4.98 Å². The maximum atomic E-state index is 12.8. The van der Waals surface area contributed by atoms with Crippen molar-refractivity contribution in [2.75, 3.05) is 40.4 Å². The van der Waals surface area contributed by atoms with Crippen molar-refractivity contribution in [1.29, 1.82) is 0 Å². The molecule has 0 atom stereocenters. The molecule has 3 rings (SSSR count). The fourth-order valence-electron chi connectivity index (χ4n) is 2.85. The molecule has 1 fully saturated rings. The number of thiazole rings is 1. The van der Waals surface area contributed by atoms with Crippen LogP contribution in [0.25, 0.3) is 0 Å². The van der Waals surface area contributed by atoms with Crippen LogP contribution in [-0.2, 0) is 0 Å². The molecule has 0 aliphatic carbocycles. The van der Waals surface area contributed by atoms with Crippen LogP contribution in [0, 0.1) is 6.92 Å². The highest BCUT2D eigenvalue weighted by molar-refractivity contribution is 7.09. The number of hydrogen-bond donors (Lipinski definition) is 0. The predicted octanol–water partition coefficient (Wildman–Crippen LogP) is 2.07. The summed E-state index contributed by atoms with van der Waals surface area (Å²) >= 11 is 1.46. The molecule has 2 amide bonds. The quantitative estimate of drug-likeness (QED) is 0.818. The van der Waals surface area contributed by atoms with E-state index in [9.17, 15) is 9.59 Å². The lowest BCUT2D eigenvalue weighted by Gasteiger charge is -2.34. The maximum Gasteiger partial charge on any atom is 0.273 e. The standard InChI is InChI=1S/C18H21N3O4S/c1-12-19-16(11-26-12)18(23)21-6-4-20(5-7-21)17(22)13-8-14(24-2)10-15(9-13)25-3/h8-11H,4-7H2,1-3H3. The van der Waals surface area contributed by atoms with Gasteiger partial charge in [-0.15, -0.1) is 11.3 Å². The van der Waals surface area contributed by atoms with Crippen LogP contribution in [0.1, 0.15) is 25.9 Å². The molecule has 0 saturated carbocycles. The van der Waals surface area contributed by atoms with Crippen LogP contribution in [0.5, 0.6) is 11.5 Å². The Hall–Kier alpha value is -2.61. The highest BCUT2D eigenvalue weighted by atomic mass is 32.1. The molecule has 0 spiro atoms. The van der Waals surface area contributed by atoms with Crippen LogP contribution in [0.3, 0.4) is 0 Å². The number of aryl methyl sites for hydroxylation is 1. The zero-order chi connectivity index (χ0) is 18.7. The minimum Gasteiger partial charge on any atom is -0.497 e. The van der Waals surface area contributed by atoms with E-state index in [1.165, 1.54) is 11.3 Å². The Balaban J connectivity index is 1.66.